The molecule has 7 heteroatoms. The van der Waals surface area contributed by atoms with Crippen molar-refractivity contribution in [3.8, 4) is 0 Å². The summed E-state index contributed by atoms with van der Waals surface area (Å²) in [5.74, 6) is -0.566. The smallest absolute Gasteiger partial charge is 0.303 e. The number of carbonyl (C=O) groups is 2. The molecule has 5 heterocycles. The van der Waals surface area contributed by atoms with E-state index < -0.39 is 5.97 Å². The van der Waals surface area contributed by atoms with E-state index >= 15 is 0 Å². The summed E-state index contributed by atoms with van der Waals surface area (Å²) in [5, 5.41) is 10.4. The van der Waals surface area contributed by atoms with Crippen molar-refractivity contribution in [1.82, 2.24) is 19.7 Å². The van der Waals surface area contributed by atoms with E-state index in [0.29, 0.717) is 25.4 Å². The van der Waals surface area contributed by atoms with Gasteiger partial charge in [0.05, 0.1) is 29.9 Å². The summed E-state index contributed by atoms with van der Waals surface area (Å²) in [5.41, 5.74) is 9.56. The molecule has 42 heavy (non-hydrogen) atoms. The normalized spacial score (nSPS) is 19.8. The summed E-state index contributed by atoms with van der Waals surface area (Å²) in [6.45, 7) is 13.5. The van der Waals surface area contributed by atoms with Gasteiger partial charge in [0.25, 0.3) is 0 Å². The van der Waals surface area contributed by atoms with Crippen molar-refractivity contribution in [3.63, 3.8) is 0 Å². The zero-order valence-electron chi connectivity index (χ0n) is 25.3. The molecule has 2 saturated heterocycles. The van der Waals surface area contributed by atoms with Crippen molar-refractivity contribution in [3.05, 3.63) is 70.1 Å². The molecule has 0 aliphatic carbocycles. The third kappa shape index (κ3) is 5.51. The van der Waals surface area contributed by atoms with Crippen LogP contribution in [0.25, 0.3) is 16.6 Å². The molecule has 0 atom stereocenters. The van der Waals surface area contributed by atoms with Gasteiger partial charge in [-0.1, -0.05) is 32.4 Å². The Hall–Kier alpha value is -3.45. The summed E-state index contributed by atoms with van der Waals surface area (Å²) in [6.07, 6.45) is 11.3. The van der Waals surface area contributed by atoms with Crippen molar-refractivity contribution in [2.75, 3.05) is 26.2 Å². The van der Waals surface area contributed by atoms with Gasteiger partial charge in [-0.05, 0) is 99.0 Å². The topological polar surface area (TPSA) is 77.0 Å². The minimum atomic E-state index is -0.794. The van der Waals surface area contributed by atoms with E-state index in [9.17, 15) is 14.7 Å². The lowest BCUT2D eigenvalue weighted by Gasteiger charge is -2.40. The first-order valence-electron chi connectivity index (χ1n) is 15.9. The van der Waals surface area contributed by atoms with E-state index in [1.54, 1.807) is 0 Å². The molecule has 0 bridgehead atoms. The predicted molar refractivity (Wildman–Crippen MR) is 167 cm³/mol. The van der Waals surface area contributed by atoms with Gasteiger partial charge in [0.1, 0.15) is 0 Å². The number of benzene rings is 1. The number of pyridine rings is 1. The number of aryl methyl sites for hydroxylation is 1. The highest BCUT2D eigenvalue weighted by Gasteiger charge is 2.34. The molecule has 1 aromatic carbocycles. The maximum absolute atomic E-state index is 13.4. The Morgan fingerprint density at radius 3 is 2.55 bits per heavy atom. The largest absolute Gasteiger partial charge is 0.481 e. The first-order valence-corrected chi connectivity index (χ1v) is 15.9. The standard InChI is InChI=1S/C35H44N4O3/c1-4-8-28-29-20-25(21-33(40)38-17-13-26(14-18-38)37-15-6-5-7-16-37)9-11-31(29)36-35-30(28)22-39-24(3)27(10-12-34(41)42)23(2)19-32(35)39/h9,11,19-20,26H,3-8,10,12-18,21-22H2,1-2H3,(H,41,42). The van der Waals surface area contributed by atoms with Crippen molar-refractivity contribution >= 4 is 28.5 Å². The summed E-state index contributed by atoms with van der Waals surface area (Å²) in [4.78, 5) is 36.7. The second kappa shape index (κ2) is 12.0. The van der Waals surface area contributed by atoms with E-state index in [0.717, 1.165) is 83.5 Å². The molecule has 4 aliphatic heterocycles. The summed E-state index contributed by atoms with van der Waals surface area (Å²) in [7, 11) is 0. The van der Waals surface area contributed by atoms with Crippen LogP contribution >= 0.6 is 0 Å². The molecule has 1 N–H and O–H groups in total. The van der Waals surface area contributed by atoms with Crippen molar-refractivity contribution in [1.29, 1.82) is 0 Å². The van der Waals surface area contributed by atoms with Crippen LogP contribution in [0.5, 0.6) is 0 Å². The molecule has 6 rings (SSSR count). The lowest BCUT2D eigenvalue weighted by Crippen LogP contribution is -2.48. The fraction of sp³-hybridized carbons (Fsp3) is 0.514. The van der Waals surface area contributed by atoms with E-state index in [-0.39, 0.29) is 12.3 Å². The van der Waals surface area contributed by atoms with Gasteiger partial charge >= 0.3 is 5.97 Å². The van der Waals surface area contributed by atoms with Gasteiger partial charge in [-0.3, -0.25) is 9.59 Å². The van der Waals surface area contributed by atoms with Crippen LogP contribution in [0.4, 0.5) is 0 Å². The first-order chi connectivity index (χ1) is 20.3. The average molecular weight is 569 g/mol. The number of aromatic nitrogens is 1. The zero-order valence-corrected chi connectivity index (χ0v) is 25.3. The SMILES string of the molecule is C=C1C(CCC(=O)O)=C(C)C=C2c3nc4ccc(CC(=O)N5CCC(N6CCCCC6)CC5)cc4c(CCC)c3CN12. The van der Waals surface area contributed by atoms with E-state index in [1.165, 1.54) is 43.5 Å². The lowest BCUT2D eigenvalue weighted by molar-refractivity contribution is -0.137. The number of aliphatic carboxylic acids is 1. The van der Waals surface area contributed by atoms with Crippen LogP contribution in [0, 0.1) is 0 Å². The maximum atomic E-state index is 13.4. The number of allylic oxidation sites excluding steroid dienone is 3. The van der Waals surface area contributed by atoms with Crippen molar-refractivity contribution in [2.24, 2.45) is 0 Å². The first kappa shape index (κ1) is 28.7. The number of likely N-dealkylation sites (tertiary alicyclic amines) is 2. The lowest BCUT2D eigenvalue weighted by atomic mass is 9.94. The monoisotopic (exact) mass is 568 g/mol. The summed E-state index contributed by atoms with van der Waals surface area (Å²) >= 11 is 0. The van der Waals surface area contributed by atoms with Crippen LogP contribution in [0.1, 0.15) is 87.6 Å². The van der Waals surface area contributed by atoms with E-state index in [2.05, 4.69) is 52.5 Å². The number of hydrogen-bond acceptors (Lipinski definition) is 5. The highest BCUT2D eigenvalue weighted by atomic mass is 16.4. The van der Waals surface area contributed by atoms with Gasteiger partial charge < -0.3 is 19.8 Å². The number of carboxylic acid groups (broad SMARTS) is 1. The average Bonchev–Trinajstić information content (AvgIpc) is 3.36. The number of hydrogen-bond donors (Lipinski definition) is 1. The quantitative estimate of drug-likeness (QED) is 0.417. The number of rotatable bonds is 8. The molecule has 0 spiro atoms. The highest BCUT2D eigenvalue weighted by molar-refractivity contribution is 5.90. The molecule has 0 saturated carbocycles. The second-order valence-electron chi connectivity index (χ2n) is 12.5. The van der Waals surface area contributed by atoms with Gasteiger partial charge in [-0.2, -0.15) is 0 Å². The number of carbonyl (C=O) groups excluding carboxylic acids is 1. The minimum Gasteiger partial charge on any atom is -0.481 e. The molecule has 0 radical (unpaired) electrons. The summed E-state index contributed by atoms with van der Waals surface area (Å²) in [6, 6.07) is 7.00. The number of nitrogens with zero attached hydrogens (tertiary/aromatic N) is 4. The van der Waals surface area contributed by atoms with Crippen LogP contribution in [0.15, 0.2) is 47.7 Å². The predicted octanol–water partition coefficient (Wildman–Crippen LogP) is 6.07. The van der Waals surface area contributed by atoms with Crippen LogP contribution in [-0.4, -0.2) is 68.9 Å². The zero-order chi connectivity index (χ0) is 29.4. The summed E-state index contributed by atoms with van der Waals surface area (Å²) < 4.78 is 0. The molecule has 2 fully saturated rings. The van der Waals surface area contributed by atoms with Gasteiger partial charge in [0, 0.05) is 42.2 Å². The Kier molecular flexibility index (Phi) is 8.22. The molecule has 0 unspecified atom stereocenters. The molecule has 222 valence electrons. The molecule has 1 aromatic heterocycles. The Bertz CT molecular complexity index is 1470. The van der Waals surface area contributed by atoms with E-state index in [4.69, 9.17) is 4.98 Å². The van der Waals surface area contributed by atoms with Crippen LogP contribution in [0.3, 0.4) is 0 Å². The molecule has 1 amide bonds. The Labute approximate surface area is 249 Å². The Morgan fingerprint density at radius 1 is 1.07 bits per heavy atom. The third-order valence-corrected chi connectivity index (χ3v) is 9.79. The van der Waals surface area contributed by atoms with Crippen molar-refractivity contribution in [2.45, 2.75) is 90.6 Å². The van der Waals surface area contributed by atoms with E-state index in [1.807, 2.05) is 6.92 Å². The fourth-order valence-corrected chi connectivity index (χ4v) is 7.51. The second-order valence-corrected chi connectivity index (χ2v) is 12.5. The Balaban J connectivity index is 1.22. The van der Waals surface area contributed by atoms with Crippen LogP contribution < -0.4 is 0 Å². The molecule has 2 aromatic rings. The highest BCUT2D eigenvalue weighted by Crippen LogP contribution is 2.44. The van der Waals surface area contributed by atoms with Crippen LogP contribution in [0.2, 0.25) is 0 Å². The van der Waals surface area contributed by atoms with Gasteiger partial charge in [0.2, 0.25) is 5.91 Å². The third-order valence-electron chi connectivity index (χ3n) is 9.79. The van der Waals surface area contributed by atoms with Gasteiger partial charge in [0.15, 0.2) is 0 Å². The van der Waals surface area contributed by atoms with Gasteiger partial charge in [-0.15, -0.1) is 0 Å². The Morgan fingerprint density at radius 2 is 1.83 bits per heavy atom. The fourth-order valence-electron chi connectivity index (χ4n) is 7.51. The number of fused-ring (bicyclic) bond motifs is 4. The van der Waals surface area contributed by atoms with Crippen molar-refractivity contribution < 1.29 is 14.7 Å². The molecular weight excluding hydrogens is 524 g/mol. The van der Waals surface area contributed by atoms with Crippen LogP contribution in [-0.2, 0) is 29.0 Å². The maximum Gasteiger partial charge on any atom is 0.303 e. The number of carboxylic acids is 1. The molecule has 7 nitrogen and oxygen atoms in total. The number of piperidine rings is 2. The van der Waals surface area contributed by atoms with Gasteiger partial charge in [-0.25, -0.2) is 4.98 Å². The minimum absolute atomic E-state index is 0.0941. The molecule has 4 aliphatic rings. The molecular formula is C35H44N4O3. The number of amides is 1.